The summed E-state index contributed by atoms with van der Waals surface area (Å²) in [4.78, 5) is 12.1. The molecule has 6 unspecified atom stereocenters. The minimum Gasteiger partial charge on any atom is -0.458 e. The average Bonchev–Trinajstić information content (AvgIpc) is 2.96. The Morgan fingerprint density at radius 1 is 1.44 bits per heavy atom. The van der Waals surface area contributed by atoms with Crippen LogP contribution in [0.3, 0.4) is 0 Å². The summed E-state index contributed by atoms with van der Waals surface area (Å²) in [7, 11) is 0. The first-order valence-electron chi connectivity index (χ1n) is 7.28. The SMILES string of the molecule is CCC(I)C(=O)OC1(C)C2CC(C)CC3(C2)CC31. The molecule has 6 atom stereocenters. The zero-order valence-corrected chi connectivity index (χ0v) is 13.7. The van der Waals surface area contributed by atoms with E-state index in [0.29, 0.717) is 17.3 Å². The summed E-state index contributed by atoms with van der Waals surface area (Å²) >= 11 is 2.21. The molecule has 102 valence electrons. The third-order valence-corrected chi connectivity index (χ3v) is 7.11. The highest BCUT2D eigenvalue weighted by Gasteiger charge is 2.73. The normalized spacial score (nSPS) is 50.6. The minimum absolute atomic E-state index is 0.0165. The molecule has 3 rings (SSSR count). The molecule has 2 nitrogen and oxygen atoms in total. The van der Waals surface area contributed by atoms with Gasteiger partial charge in [-0.3, -0.25) is 4.79 Å². The van der Waals surface area contributed by atoms with Gasteiger partial charge in [0.2, 0.25) is 0 Å². The van der Waals surface area contributed by atoms with E-state index in [0.717, 1.165) is 12.3 Å². The number of halogens is 1. The van der Waals surface area contributed by atoms with Gasteiger partial charge in [-0.05, 0) is 56.3 Å². The molecule has 0 aliphatic heterocycles. The van der Waals surface area contributed by atoms with Gasteiger partial charge >= 0.3 is 5.97 Å². The van der Waals surface area contributed by atoms with Crippen LogP contribution in [-0.2, 0) is 9.53 Å². The third kappa shape index (κ3) is 1.75. The van der Waals surface area contributed by atoms with Crippen molar-refractivity contribution in [3.05, 3.63) is 0 Å². The van der Waals surface area contributed by atoms with Crippen LogP contribution in [0.25, 0.3) is 0 Å². The van der Waals surface area contributed by atoms with Crippen molar-refractivity contribution < 1.29 is 9.53 Å². The Balaban J connectivity index is 1.78. The fourth-order valence-corrected chi connectivity index (χ4v) is 4.98. The zero-order valence-electron chi connectivity index (χ0n) is 11.5. The average molecular weight is 362 g/mol. The first-order chi connectivity index (χ1) is 8.41. The van der Waals surface area contributed by atoms with E-state index in [1.165, 1.54) is 25.7 Å². The molecule has 0 heterocycles. The summed E-state index contributed by atoms with van der Waals surface area (Å²) in [5, 5.41) is 0. The Morgan fingerprint density at radius 3 is 2.83 bits per heavy atom. The smallest absolute Gasteiger partial charge is 0.319 e. The highest BCUT2D eigenvalue weighted by atomic mass is 127. The lowest BCUT2D eigenvalue weighted by atomic mass is 9.74. The summed E-state index contributed by atoms with van der Waals surface area (Å²) in [6.07, 6.45) is 6.09. The lowest BCUT2D eigenvalue weighted by Gasteiger charge is -2.37. The molecule has 3 aliphatic carbocycles. The second kappa shape index (κ2) is 4.10. The number of esters is 1. The first kappa shape index (κ1) is 13.2. The van der Waals surface area contributed by atoms with Gasteiger partial charge in [-0.25, -0.2) is 0 Å². The highest BCUT2D eigenvalue weighted by Crippen LogP contribution is 2.76. The third-order valence-electron chi connectivity index (χ3n) is 5.72. The maximum atomic E-state index is 12.1. The maximum Gasteiger partial charge on any atom is 0.319 e. The van der Waals surface area contributed by atoms with Crippen molar-refractivity contribution >= 4 is 28.6 Å². The van der Waals surface area contributed by atoms with Crippen molar-refractivity contribution in [3.8, 4) is 0 Å². The largest absolute Gasteiger partial charge is 0.458 e. The number of hydrogen-bond donors (Lipinski definition) is 0. The van der Waals surface area contributed by atoms with Crippen molar-refractivity contribution in [1.29, 1.82) is 0 Å². The van der Waals surface area contributed by atoms with Crippen LogP contribution < -0.4 is 0 Å². The number of fused-ring (bicyclic) bond motifs is 1. The fraction of sp³-hybridized carbons (Fsp3) is 0.933. The molecule has 1 spiro atoms. The van der Waals surface area contributed by atoms with E-state index in [2.05, 4.69) is 43.4 Å². The van der Waals surface area contributed by atoms with E-state index in [4.69, 9.17) is 4.74 Å². The first-order valence-corrected chi connectivity index (χ1v) is 8.53. The van der Waals surface area contributed by atoms with Crippen LogP contribution in [0.4, 0.5) is 0 Å². The molecule has 0 N–H and O–H groups in total. The fourth-order valence-electron chi connectivity index (χ4n) is 4.85. The molecular formula is C15H23IO2. The molecule has 0 aromatic heterocycles. The second-order valence-electron chi connectivity index (χ2n) is 7.05. The van der Waals surface area contributed by atoms with E-state index in [9.17, 15) is 4.79 Å². The molecule has 0 aromatic carbocycles. The van der Waals surface area contributed by atoms with E-state index in [1.54, 1.807) is 0 Å². The minimum atomic E-state index is -0.152. The Kier molecular flexibility index (Phi) is 3.00. The Morgan fingerprint density at radius 2 is 2.17 bits per heavy atom. The van der Waals surface area contributed by atoms with Gasteiger partial charge in [0.25, 0.3) is 0 Å². The molecular weight excluding hydrogens is 339 g/mol. The quantitative estimate of drug-likeness (QED) is 0.432. The molecule has 3 heteroatoms. The van der Waals surface area contributed by atoms with E-state index >= 15 is 0 Å². The van der Waals surface area contributed by atoms with Crippen LogP contribution in [0.15, 0.2) is 0 Å². The molecule has 0 aromatic rings. The van der Waals surface area contributed by atoms with Gasteiger partial charge in [-0.15, -0.1) is 0 Å². The van der Waals surface area contributed by atoms with Crippen molar-refractivity contribution in [2.24, 2.45) is 23.2 Å². The maximum absolute atomic E-state index is 12.1. The number of ether oxygens (including phenoxy) is 1. The monoisotopic (exact) mass is 362 g/mol. The van der Waals surface area contributed by atoms with Gasteiger partial charge in [-0.1, -0.05) is 36.4 Å². The molecule has 3 aliphatic rings. The highest BCUT2D eigenvalue weighted by molar-refractivity contribution is 14.1. The Labute approximate surface area is 123 Å². The topological polar surface area (TPSA) is 26.3 Å². The number of carbonyl (C=O) groups is 1. The van der Waals surface area contributed by atoms with Crippen LogP contribution in [0.1, 0.15) is 52.9 Å². The van der Waals surface area contributed by atoms with Gasteiger partial charge in [-0.2, -0.15) is 0 Å². The van der Waals surface area contributed by atoms with Crippen molar-refractivity contribution in [2.45, 2.75) is 62.4 Å². The molecule has 3 fully saturated rings. The van der Waals surface area contributed by atoms with Gasteiger partial charge in [0.05, 0.1) is 0 Å². The van der Waals surface area contributed by atoms with Crippen LogP contribution in [0, 0.1) is 23.2 Å². The summed E-state index contributed by atoms with van der Waals surface area (Å²) in [6.45, 7) is 6.63. The lowest BCUT2D eigenvalue weighted by molar-refractivity contribution is -0.164. The number of hydrogen-bond acceptors (Lipinski definition) is 2. The lowest BCUT2D eigenvalue weighted by Crippen LogP contribution is -2.41. The molecule has 18 heavy (non-hydrogen) atoms. The predicted molar refractivity (Wildman–Crippen MR) is 79.6 cm³/mol. The predicted octanol–water partition coefficient (Wildman–Crippen LogP) is 3.96. The number of rotatable bonds is 3. The summed E-state index contributed by atoms with van der Waals surface area (Å²) < 4.78 is 6.04. The van der Waals surface area contributed by atoms with E-state index in [-0.39, 0.29) is 15.5 Å². The van der Waals surface area contributed by atoms with Gasteiger partial charge < -0.3 is 4.74 Å². The number of alkyl halides is 1. The van der Waals surface area contributed by atoms with Crippen LogP contribution in [0.2, 0.25) is 0 Å². The standard InChI is InChI=1S/C15H23IO2/c1-4-11(16)13(17)18-14(3)10-5-9(2)6-15(7-10)8-12(14)15/h9-12H,4-8H2,1-3H3. The molecule has 0 saturated heterocycles. The Bertz CT molecular complexity index is 383. The summed E-state index contributed by atoms with van der Waals surface area (Å²) in [5.41, 5.74) is 0.408. The van der Waals surface area contributed by atoms with Crippen LogP contribution >= 0.6 is 22.6 Å². The van der Waals surface area contributed by atoms with Crippen molar-refractivity contribution in [2.75, 3.05) is 0 Å². The van der Waals surface area contributed by atoms with Gasteiger partial charge in [0.1, 0.15) is 9.53 Å². The zero-order chi connectivity index (χ0) is 13.1. The summed E-state index contributed by atoms with van der Waals surface area (Å²) in [5.74, 6) is 2.10. The van der Waals surface area contributed by atoms with Crippen LogP contribution in [0.5, 0.6) is 0 Å². The Hall–Kier alpha value is 0.200. The van der Waals surface area contributed by atoms with Crippen molar-refractivity contribution in [1.82, 2.24) is 0 Å². The molecule has 2 bridgehead atoms. The molecule has 0 radical (unpaired) electrons. The van der Waals surface area contributed by atoms with Gasteiger partial charge in [0.15, 0.2) is 0 Å². The van der Waals surface area contributed by atoms with Gasteiger partial charge in [0, 0.05) is 5.92 Å². The number of carbonyl (C=O) groups excluding carboxylic acids is 1. The summed E-state index contributed by atoms with van der Waals surface area (Å²) in [6, 6.07) is 0. The molecule has 0 amide bonds. The second-order valence-corrected chi connectivity index (χ2v) is 8.55. The van der Waals surface area contributed by atoms with Crippen molar-refractivity contribution in [3.63, 3.8) is 0 Å². The van der Waals surface area contributed by atoms with E-state index < -0.39 is 0 Å². The van der Waals surface area contributed by atoms with Crippen LogP contribution in [-0.4, -0.2) is 15.5 Å². The molecule has 3 saturated carbocycles. The van der Waals surface area contributed by atoms with E-state index in [1.807, 2.05) is 0 Å².